The fraction of sp³-hybridized carbons (Fsp3) is 0.462. The van der Waals surface area contributed by atoms with Gasteiger partial charge in [-0.2, -0.15) is 0 Å². The molecule has 1 amide bonds. The molecule has 0 radical (unpaired) electrons. The zero-order chi connectivity index (χ0) is 13.0. The van der Waals surface area contributed by atoms with Gasteiger partial charge in [-0.1, -0.05) is 6.07 Å². The second kappa shape index (κ2) is 5.84. The van der Waals surface area contributed by atoms with Crippen LogP contribution in [0.2, 0.25) is 0 Å². The quantitative estimate of drug-likeness (QED) is 0.807. The maximum Gasteiger partial charge on any atom is 0.224 e. The van der Waals surface area contributed by atoms with E-state index in [-0.39, 0.29) is 5.91 Å². The molecule has 1 aliphatic rings. The minimum Gasteiger partial charge on any atom is -0.488 e. The van der Waals surface area contributed by atoms with Gasteiger partial charge in [0.15, 0.2) is 6.29 Å². The summed E-state index contributed by atoms with van der Waals surface area (Å²) in [5.41, 5.74) is 1.96. The summed E-state index contributed by atoms with van der Waals surface area (Å²) in [6.07, 6.45) is 0.929. The Balaban J connectivity index is 2.02. The first kappa shape index (κ1) is 12.9. The monoisotopic (exact) mass is 251 g/mol. The Kier molecular flexibility index (Phi) is 4.17. The maximum atomic E-state index is 11.3. The van der Waals surface area contributed by atoms with Gasteiger partial charge >= 0.3 is 0 Å². The number of rotatable bonds is 5. The fourth-order valence-electron chi connectivity index (χ4n) is 1.84. The van der Waals surface area contributed by atoms with Gasteiger partial charge in [-0.25, -0.2) is 0 Å². The summed E-state index contributed by atoms with van der Waals surface area (Å²) < 4.78 is 15.6. The molecule has 0 fully saturated rings. The maximum absolute atomic E-state index is 11.3. The molecule has 0 saturated heterocycles. The molecule has 18 heavy (non-hydrogen) atoms. The minimum absolute atomic E-state index is 0.0475. The lowest BCUT2D eigenvalue weighted by molar-refractivity contribution is -0.122. The first-order chi connectivity index (χ1) is 8.72. The Hall–Kier alpha value is -1.59. The van der Waals surface area contributed by atoms with Gasteiger partial charge in [-0.05, 0) is 18.1 Å². The van der Waals surface area contributed by atoms with Crippen molar-refractivity contribution in [3.63, 3.8) is 0 Å². The number of aryl methyl sites for hydroxylation is 1. The molecule has 1 aromatic rings. The van der Waals surface area contributed by atoms with Gasteiger partial charge in [0.25, 0.3) is 0 Å². The smallest absolute Gasteiger partial charge is 0.224 e. The van der Waals surface area contributed by atoms with E-state index >= 15 is 0 Å². The summed E-state index contributed by atoms with van der Waals surface area (Å²) in [4.78, 5) is 11.3. The van der Waals surface area contributed by atoms with E-state index in [2.05, 4.69) is 5.32 Å². The second-order valence-corrected chi connectivity index (χ2v) is 4.08. The van der Waals surface area contributed by atoms with E-state index in [1.165, 1.54) is 0 Å². The van der Waals surface area contributed by atoms with Crippen LogP contribution < -0.4 is 10.1 Å². The highest BCUT2D eigenvalue weighted by Crippen LogP contribution is 2.27. The molecule has 1 aromatic carbocycles. The van der Waals surface area contributed by atoms with E-state index < -0.39 is 6.29 Å². The van der Waals surface area contributed by atoms with Crippen LogP contribution >= 0.6 is 0 Å². The molecule has 1 aliphatic heterocycles. The van der Waals surface area contributed by atoms with Crippen molar-refractivity contribution in [3.05, 3.63) is 23.8 Å². The van der Waals surface area contributed by atoms with Crippen LogP contribution in [-0.2, 0) is 20.7 Å². The van der Waals surface area contributed by atoms with Crippen molar-refractivity contribution in [1.29, 1.82) is 0 Å². The van der Waals surface area contributed by atoms with Gasteiger partial charge < -0.3 is 19.5 Å². The molecule has 0 aromatic heterocycles. The van der Waals surface area contributed by atoms with E-state index in [9.17, 15) is 4.79 Å². The van der Waals surface area contributed by atoms with Crippen LogP contribution in [-0.4, -0.2) is 33.0 Å². The molecule has 5 heteroatoms. The summed E-state index contributed by atoms with van der Waals surface area (Å²) in [6.45, 7) is 0.305. The molecule has 0 bridgehead atoms. The molecule has 0 atom stereocenters. The first-order valence-electron chi connectivity index (χ1n) is 5.84. The Morgan fingerprint density at radius 1 is 1.28 bits per heavy atom. The van der Waals surface area contributed by atoms with Crippen molar-refractivity contribution in [2.75, 3.05) is 26.1 Å². The number of hydrogen-bond donors (Lipinski definition) is 1. The third-order valence-electron chi connectivity index (χ3n) is 2.89. The summed E-state index contributed by atoms with van der Waals surface area (Å²) >= 11 is 0. The molecule has 2 rings (SSSR count). The lowest BCUT2D eigenvalue weighted by Gasteiger charge is -2.19. The summed E-state index contributed by atoms with van der Waals surface area (Å²) in [7, 11) is 3.12. The standard InChI is InChI=1S/C13H17NO4/c1-16-13(17-2)8-18-10-5-3-9-4-6-12(15)14-11(9)7-10/h3,5,7,13H,4,6,8H2,1-2H3,(H,14,15). The van der Waals surface area contributed by atoms with Crippen molar-refractivity contribution in [2.24, 2.45) is 0 Å². The molecule has 1 N–H and O–H groups in total. The predicted molar refractivity (Wildman–Crippen MR) is 66.7 cm³/mol. The number of carbonyl (C=O) groups excluding carboxylic acids is 1. The lowest BCUT2D eigenvalue weighted by atomic mass is 10.0. The highest BCUT2D eigenvalue weighted by molar-refractivity contribution is 5.94. The Bertz CT molecular complexity index is 429. The Morgan fingerprint density at radius 3 is 2.78 bits per heavy atom. The average molecular weight is 251 g/mol. The lowest BCUT2D eigenvalue weighted by Crippen LogP contribution is -2.22. The minimum atomic E-state index is -0.393. The molecule has 5 nitrogen and oxygen atoms in total. The van der Waals surface area contributed by atoms with Gasteiger partial charge in [0, 0.05) is 32.4 Å². The number of fused-ring (bicyclic) bond motifs is 1. The molecule has 0 saturated carbocycles. The number of amides is 1. The van der Waals surface area contributed by atoms with Crippen molar-refractivity contribution in [3.8, 4) is 5.75 Å². The first-order valence-corrected chi connectivity index (χ1v) is 5.84. The van der Waals surface area contributed by atoms with E-state index in [4.69, 9.17) is 14.2 Å². The summed E-state index contributed by atoms with van der Waals surface area (Å²) in [5, 5.41) is 2.83. The molecule has 1 heterocycles. The number of hydrogen-bond acceptors (Lipinski definition) is 4. The normalized spacial score (nSPS) is 14.3. The van der Waals surface area contributed by atoms with Crippen LogP contribution in [0.3, 0.4) is 0 Å². The van der Waals surface area contributed by atoms with E-state index in [0.717, 1.165) is 17.7 Å². The Morgan fingerprint density at radius 2 is 2.06 bits per heavy atom. The number of nitrogens with one attached hydrogen (secondary N) is 1. The third kappa shape index (κ3) is 3.00. The highest BCUT2D eigenvalue weighted by atomic mass is 16.7. The zero-order valence-corrected chi connectivity index (χ0v) is 10.6. The van der Waals surface area contributed by atoms with Crippen LogP contribution in [0.15, 0.2) is 18.2 Å². The molecule has 0 spiro atoms. The van der Waals surface area contributed by atoms with Crippen molar-refractivity contribution in [1.82, 2.24) is 0 Å². The molecular formula is C13H17NO4. The fourth-order valence-corrected chi connectivity index (χ4v) is 1.84. The SMILES string of the molecule is COC(COc1ccc2c(c1)NC(=O)CC2)OC. The van der Waals surface area contributed by atoms with Crippen LogP contribution in [0.5, 0.6) is 5.75 Å². The van der Waals surface area contributed by atoms with Gasteiger partial charge in [0.05, 0.1) is 0 Å². The number of anilines is 1. The van der Waals surface area contributed by atoms with Gasteiger partial charge in [-0.3, -0.25) is 4.79 Å². The summed E-state index contributed by atoms with van der Waals surface area (Å²) in [6, 6.07) is 5.69. The van der Waals surface area contributed by atoms with Gasteiger partial charge in [0.1, 0.15) is 12.4 Å². The number of ether oxygens (including phenoxy) is 3. The van der Waals surface area contributed by atoms with Crippen molar-refractivity contribution < 1.29 is 19.0 Å². The van der Waals surface area contributed by atoms with Crippen molar-refractivity contribution >= 4 is 11.6 Å². The van der Waals surface area contributed by atoms with Crippen LogP contribution in [0.1, 0.15) is 12.0 Å². The molecule has 0 aliphatic carbocycles. The van der Waals surface area contributed by atoms with Crippen LogP contribution in [0, 0.1) is 0 Å². The van der Waals surface area contributed by atoms with Crippen molar-refractivity contribution in [2.45, 2.75) is 19.1 Å². The van der Waals surface area contributed by atoms with Crippen LogP contribution in [0.4, 0.5) is 5.69 Å². The summed E-state index contributed by atoms with van der Waals surface area (Å²) in [5.74, 6) is 0.737. The second-order valence-electron chi connectivity index (χ2n) is 4.08. The topological polar surface area (TPSA) is 56.8 Å². The van der Waals surface area contributed by atoms with Crippen LogP contribution in [0.25, 0.3) is 0 Å². The zero-order valence-electron chi connectivity index (χ0n) is 10.6. The van der Waals surface area contributed by atoms with E-state index in [1.54, 1.807) is 14.2 Å². The molecule has 0 unspecified atom stereocenters. The Labute approximate surface area is 106 Å². The average Bonchev–Trinajstić information content (AvgIpc) is 2.39. The molecule has 98 valence electrons. The van der Waals surface area contributed by atoms with E-state index in [1.807, 2.05) is 18.2 Å². The van der Waals surface area contributed by atoms with E-state index in [0.29, 0.717) is 18.8 Å². The molecular weight excluding hydrogens is 234 g/mol. The largest absolute Gasteiger partial charge is 0.488 e. The number of carbonyl (C=O) groups is 1. The highest BCUT2D eigenvalue weighted by Gasteiger charge is 2.15. The number of methoxy groups -OCH3 is 2. The van der Waals surface area contributed by atoms with Gasteiger partial charge in [-0.15, -0.1) is 0 Å². The number of benzene rings is 1. The third-order valence-corrected chi connectivity index (χ3v) is 2.89. The van der Waals surface area contributed by atoms with Gasteiger partial charge in [0.2, 0.25) is 5.91 Å². The predicted octanol–water partition coefficient (Wildman–Crippen LogP) is 1.57.